The number of aromatic nitrogens is 1. The zero-order chi connectivity index (χ0) is 12.1. The molecule has 1 saturated carbocycles. The maximum atomic E-state index is 5.89. The summed E-state index contributed by atoms with van der Waals surface area (Å²) < 4.78 is 5.07. The number of pyridine rings is 1. The smallest absolute Gasteiger partial charge is 0.137 e. The molecule has 0 unspecified atom stereocenters. The van der Waals surface area contributed by atoms with Gasteiger partial charge in [0.2, 0.25) is 0 Å². The van der Waals surface area contributed by atoms with Crippen molar-refractivity contribution in [3.8, 4) is 5.75 Å². The minimum Gasteiger partial charge on any atom is -0.495 e. The Morgan fingerprint density at radius 1 is 1.35 bits per heavy atom. The minimum absolute atomic E-state index is 0.422. The number of nitrogens with two attached hydrogens (primary N) is 1. The fourth-order valence-electron chi connectivity index (χ4n) is 2.25. The Hall–Kier alpha value is -1.29. The van der Waals surface area contributed by atoms with E-state index in [1.807, 2.05) is 12.1 Å². The van der Waals surface area contributed by atoms with Crippen molar-refractivity contribution in [3.63, 3.8) is 0 Å². The highest BCUT2D eigenvalue weighted by atomic mass is 16.5. The first-order valence-electron chi connectivity index (χ1n) is 6.27. The molecule has 94 valence electrons. The molecule has 1 heterocycles. The third kappa shape index (κ3) is 3.60. The van der Waals surface area contributed by atoms with Crippen molar-refractivity contribution in [1.29, 1.82) is 0 Å². The van der Waals surface area contributed by atoms with Gasteiger partial charge in [-0.05, 0) is 43.7 Å². The van der Waals surface area contributed by atoms with E-state index in [4.69, 9.17) is 10.5 Å². The Morgan fingerprint density at radius 2 is 2.12 bits per heavy atom. The predicted octanol–water partition coefficient (Wildman–Crippen LogP) is 2.02. The van der Waals surface area contributed by atoms with Gasteiger partial charge in [0, 0.05) is 12.6 Å². The second kappa shape index (κ2) is 5.87. The van der Waals surface area contributed by atoms with E-state index in [0.29, 0.717) is 6.04 Å². The van der Waals surface area contributed by atoms with Gasteiger partial charge in [-0.15, -0.1) is 0 Å². The van der Waals surface area contributed by atoms with Crippen LogP contribution < -0.4 is 15.8 Å². The van der Waals surface area contributed by atoms with Gasteiger partial charge in [-0.2, -0.15) is 0 Å². The largest absolute Gasteiger partial charge is 0.495 e. The highest BCUT2D eigenvalue weighted by Crippen LogP contribution is 2.23. The first kappa shape index (κ1) is 12.2. The summed E-state index contributed by atoms with van der Waals surface area (Å²) in [6, 6.07) is 4.30. The fraction of sp³-hybridized carbons (Fsp3) is 0.615. The zero-order valence-corrected chi connectivity index (χ0v) is 10.4. The first-order chi connectivity index (χ1) is 8.28. The maximum absolute atomic E-state index is 5.89. The molecule has 1 fully saturated rings. The van der Waals surface area contributed by atoms with E-state index in [-0.39, 0.29) is 0 Å². The molecule has 4 heteroatoms. The lowest BCUT2D eigenvalue weighted by Gasteiger charge is -2.26. The topological polar surface area (TPSA) is 60.2 Å². The molecule has 1 aromatic rings. The van der Waals surface area contributed by atoms with Gasteiger partial charge in [0.05, 0.1) is 13.3 Å². The Morgan fingerprint density at radius 3 is 2.71 bits per heavy atom. The van der Waals surface area contributed by atoms with Gasteiger partial charge in [0.25, 0.3) is 0 Å². The normalized spacial score (nSPS) is 24.4. The van der Waals surface area contributed by atoms with Crippen molar-refractivity contribution in [2.75, 3.05) is 19.0 Å². The van der Waals surface area contributed by atoms with Crippen molar-refractivity contribution in [2.45, 2.75) is 31.7 Å². The van der Waals surface area contributed by atoms with E-state index in [2.05, 4.69) is 10.3 Å². The molecular weight excluding hydrogens is 214 g/mol. The average molecular weight is 235 g/mol. The molecule has 0 bridgehead atoms. The SMILES string of the molecule is COc1ccc(NCC2CCC(N)CC2)nc1. The number of hydrogen-bond donors (Lipinski definition) is 2. The Balaban J connectivity index is 1.77. The van der Waals surface area contributed by atoms with Gasteiger partial charge >= 0.3 is 0 Å². The van der Waals surface area contributed by atoms with Crippen LogP contribution in [0.25, 0.3) is 0 Å². The quantitative estimate of drug-likeness (QED) is 0.838. The molecule has 1 aliphatic rings. The molecule has 0 saturated heterocycles. The van der Waals surface area contributed by atoms with Crippen molar-refractivity contribution < 1.29 is 4.74 Å². The second-order valence-electron chi connectivity index (χ2n) is 4.74. The van der Waals surface area contributed by atoms with E-state index in [0.717, 1.165) is 36.9 Å². The lowest BCUT2D eigenvalue weighted by molar-refractivity contribution is 0.338. The number of rotatable bonds is 4. The van der Waals surface area contributed by atoms with Crippen molar-refractivity contribution in [1.82, 2.24) is 4.98 Å². The van der Waals surface area contributed by atoms with Crippen molar-refractivity contribution in [3.05, 3.63) is 18.3 Å². The average Bonchev–Trinajstić information content (AvgIpc) is 2.39. The monoisotopic (exact) mass is 235 g/mol. The predicted molar refractivity (Wildman–Crippen MR) is 69.2 cm³/mol. The molecule has 1 aromatic heterocycles. The number of anilines is 1. The number of nitrogens with one attached hydrogen (secondary N) is 1. The summed E-state index contributed by atoms with van der Waals surface area (Å²) in [6.45, 7) is 0.992. The Bertz CT molecular complexity index is 331. The number of ether oxygens (including phenoxy) is 1. The van der Waals surface area contributed by atoms with E-state index in [9.17, 15) is 0 Å². The van der Waals surface area contributed by atoms with Crippen LogP contribution in [0.1, 0.15) is 25.7 Å². The van der Waals surface area contributed by atoms with Crippen LogP contribution in [0.5, 0.6) is 5.75 Å². The molecule has 2 rings (SSSR count). The van der Waals surface area contributed by atoms with Crippen LogP contribution in [0.15, 0.2) is 18.3 Å². The molecule has 4 nitrogen and oxygen atoms in total. The lowest BCUT2D eigenvalue weighted by atomic mass is 9.86. The molecule has 0 amide bonds. The summed E-state index contributed by atoms with van der Waals surface area (Å²) in [6.07, 6.45) is 6.50. The van der Waals surface area contributed by atoms with Crippen LogP contribution >= 0.6 is 0 Å². The summed E-state index contributed by atoms with van der Waals surface area (Å²) in [5.41, 5.74) is 5.89. The lowest BCUT2D eigenvalue weighted by Crippen LogP contribution is -2.29. The Labute approximate surface area is 103 Å². The van der Waals surface area contributed by atoms with Gasteiger partial charge in [0.15, 0.2) is 0 Å². The summed E-state index contributed by atoms with van der Waals surface area (Å²) in [5.74, 6) is 2.44. The van der Waals surface area contributed by atoms with Crippen LogP contribution in [0, 0.1) is 5.92 Å². The van der Waals surface area contributed by atoms with E-state index >= 15 is 0 Å². The first-order valence-corrected chi connectivity index (χ1v) is 6.27. The summed E-state index contributed by atoms with van der Waals surface area (Å²) in [4.78, 5) is 4.29. The molecule has 0 spiro atoms. The fourth-order valence-corrected chi connectivity index (χ4v) is 2.25. The van der Waals surface area contributed by atoms with Crippen LogP contribution in [0.2, 0.25) is 0 Å². The van der Waals surface area contributed by atoms with Crippen LogP contribution in [0.4, 0.5) is 5.82 Å². The highest BCUT2D eigenvalue weighted by Gasteiger charge is 2.18. The standard InChI is InChI=1S/C13H21N3O/c1-17-12-6-7-13(16-9-12)15-8-10-2-4-11(14)5-3-10/h6-7,9-11H,2-5,8,14H2,1H3,(H,15,16). The van der Waals surface area contributed by atoms with Gasteiger partial charge < -0.3 is 15.8 Å². The minimum atomic E-state index is 0.422. The van der Waals surface area contributed by atoms with Crippen LogP contribution in [-0.4, -0.2) is 24.7 Å². The van der Waals surface area contributed by atoms with Gasteiger partial charge in [0.1, 0.15) is 11.6 Å². The summed E-state index contributed by atoms with van der Waals surface area (Å²) >= 11 is 0. The second-order valence-corrected chi connectivity index (χ2v) is 4.74. The van der Waals surface area contributed by atoms with E-state index in [1.54, 1.807) is 13.3 Å². The Kier molecular flexibility index (Phi) is 4.20. The number of methoxy groups -OCH3 is 1. The van der Waals surface area contributed by atoms with Crippen molar-refractivity contribution in [2.24, 2.45) is 11.7 Å². The zero-order valence-electron chi connectivity index (χ0n) is 10.4. The van der Waals surface area contributed by atoms with Gasteiger partial charge in [-0.3, -0.25) is 0 Å². The number of nitrogens with zero attached hydrogens (tertiary/aromatic N) is 1. The molecule has 0 radical (unpaired) electrons. The molecule has 0 aliphatic heterocycles. The molecule has 17 heavy (non-hydrogen) atoms. The summed E-state index contributed by atoms with van der Waals surface area (Å²) in [5, 5.41) is 3.37. The molecule has 3 N–H and O–H groups in total. The maximum Gasteiger partial charge on any atom is 0.137 e. The highest BCUT2D eigenvalue weighted by molar-refractivity contribution is 5.37. The molecule has 0 atom stereocenters. The molecule has 0 aromatic carbocycles. The van der Waals surface area contributed by atoms with Crippen LogP contribution in [0.3, 0.4) is 0 Å². The van der Waals surface area contributed by atoms with E-state index < -0.39 is 0 Å². The third-order valence-electron chi connectivity index (χ3n) is 3.44. The van der Waals surface area contributed by atoms with Gasteiger partial charge in [-0.1, -0.05) is 0 Å². The molecular formula is C13H21N3O. The third-order valence-corrected chi connectivity index (χ3v) is 3.44. The van der Waals surface area contributed by atoms with Crippen LogP contribution in [-0.2, 0) is 0 Å². The van der Waals surface area contributed by atoms with Crippen molar-refractivity contribution >= 4 is 5.82 Å². The summed E-state index contributed by atoms with van der Waals surface area (Å²) in [7, 11) is 1.65. The number of hydrogen-bond acceptors (Lipinski definition) is 4. The van der Waals surface area contributed by atoms with E-state index in [1.165, 1.54) is 12.8 Å². The molecule has 1 aliphatic carbocycles. The van der Waals surface area contributed by atoms with Gasteiger partial charge in [-0.25, -0.2) is 4.98 Å².